The van der Waals surface area contributed by atoms with Crippen molar-refractivity contribution in [2.45, 2.75) is 25.8 Å². The average Bonchev–Trinajstić information content (AvgIpc) is 2.66. The number of carbonyl (C=O) groups is 3. The minimum Gasteiger partial charge on any atom is -0.465 e. The van der Waals surface area contributed by atoms with Gasteiger partial charge < -0.3 is 25.0 Å². The van der Waals surface area contributed by atoms with Crippen LogP contribution in [-0.4, -0.2) is 62.3 Å². The van der Waals surface area contributed by atoms with Crippen molar-refractivity contribution in [2.75, 3.05) is 38.7 Å². The first-order valence-electron chi connectivity index (χ1n) is 8.66. The summed E-state index contributed by atoms with van der Waals surface area (Å²) in [6.07, 6.45) is 1.09. The molecule has 1 saturated heterocycles. The van der Waals surface area contributed by atoms with Crippen LogP contribution in [0.1, 0.15) is 30.1 Å². The highest BCUT2D eigenvalue weighted by atomic mass is 16.6. The molecule has 2 amide bonds. The van der Waals surface area contributed by atoms with Crippen molar-refractivity contribution in [1.82, 2.24) is 10.2 Å². The summed E-state index contributed by atoms with van der Waals surface area (Å²) < 4.78 is 9.65. The minimum absolute atomic E-state index is 0.0383. The van der Waals surface area contributed by atoms with Gasteiger partial charge in [-0.2, -0.15) is 0 Å². The molecule has 0 atom stereocenters. The Labute approximate surface area is 152 Å². The van der Waals surface area contributed by atoms with Gasteiger partial charge in [0.25, 0.3) is 0 Å². The van der Waals surface area contributed by atoms with Crippen LogP contribution in [0.5, 0.6) is 0 Å². The molecule has 1 fully saturated rings. The van der Waals surface area contributed by atoms with Crippen molar-refractivity contribution < 1.29 is 23.9 Å². The lowest BCUT2D eigenvalue weighted by molar-refractivity contribution is -0.120. The molecule has 1 aromatic rings. The first kappa shape index (κ1) is 19.6. The van der Waals surface area contributed by atoms with Gasteiger partial charge in [-0.1, -0.05) is 6.07 Å². The summed E-state index contributed by atoms with van der Waals surface area (Å²) in [6.45, 7) is 3.37. The predicted octanol–water partition coefficient (Wildman–Crippen LogP) is 1.62. The third-order valence-electron chi connectivity index (χ3n) is 4.12. The van der Waals surface area contributed by atoms with E-state index in [1.807, 2.05) is 0 Å². The average molecular weight is 363 g/mol. The van der Waals surface area contributed by atoms with Crippen LogP contribution in [0.25, 0.3) is 0 Å². The molecule has 0 aliphatic carbocycles. The van der Waals surface area contributed by atoms with E-state index >= 15 is 0 Å². The molecular formula is C18H25N3O5. The Balaban J connectivity index is 1.74. The molecule has 8 heteroatoms. The number of nitrogens with zero attached hydrogens (tertiary/aromatic N) is 1. The zero-order valence-corrected chi connectivity index (χ0v) is 15.1. The smallest absolute Gasteiger partial charge is 0.409 e. The highest BCUT2D eigenvalue weighted by molar-refractivity contribution is 5.90. The number of benzene rings is 1. The molecule has 1 heterocycles. The summed E-state index contributed by atoms with van der Waals surface area (Å²) in [5, 5.41) is 5.95. The predicted molar refractivity (Wildman–Crippen MR) is 96.0 cm³/mol. The summed E-state index contributed by atoms with van der Waals surface area (Å²) in [4.78, 5) is 36.9. The third-order valence-corrected chi connectivity index (χ3v) is 4.12. The van der Waals surface area contributed by atoms with E-state index in [9.17, 15) is 14.4 Å². The van der Waals surface area contributed by atoms with Gasteiger partial charge in [0.1, 0.15) is 0 Å². The summed E-state index contributed by atoms with van der Waals surface area (Å²) in [7, 11) is 1.32. The van der Waals surface area contributed by atoms with Crippen molar-refractivity contribution in [3.05, 3.63) is 29.8 Å². The van der Waals surface area contributed by atoms with E-state index in [1.54, 1.807) is 36.1 Å². The van der Waals surface area contributed by atoms with Gasteiger partial charge in [0, 0.05) is 24.8 Å². The molecule has 1 aliphatic rings. The lowest BCUT2D eigenvalue weighted by Crippen LogP contribution is -2.47. The summed E-state index contributed by atoms with van der Waals surface area (Å²) in [6, 6.07) is 6.82. The van der Waals surface area contributed by atoms with Crippen molar-refractivity contribution >= 4 is 23.7 Å². The Bertz CT molecular complexity index is 641. The maximum absolute atomic E-state index is 12.1. The zero-order chi connectivity index (χ0) is 18.9. The van der Waals surface area contributed by atoms with Crippen LogP contribution >= 0.6 is 0 Å². The third kappa shape index (κ3) is 5.65. The first-order valence-corrected chi connectivity index (χ1v) is 8.66. The highest BCUT2D eigenvalue weighted by Gasteiger charge is 2.24. The molecule has 0 saturated carbocycles. The molecule has 0 spiro atoms. The SMILES string of the molecule is CCOC(=O)N1CCC(NC(=O)CNc2cccc(C(=O)OC)c2)CC1. The fourth-order valence-electron chi connectivity index (χ4n) is 2.76. The highest BCUT2D eigenvalue weighted by Crippen LogP contribution is 2.13. The maximum atomic E-state index is 12.1. The molecule has 2 N–H and O–H groups in total. The molecule has 8 nitrogen and oxygen atoms in total. The number of hydrogen-bond donors (Lipinski definition) is 2. The van der Waals surface area contributed by atoms with E-state index in [0.29, 0.717) is 43.8 Å². The van der Waals surface area contributed by atoms with Crippen molar-refractivity contribution in [3.8, 4) is 0 Å². The number of nitrogens with one attached hydrogen (secondary N) is 2. The molecule has 0 unspecified atom stereocenters. The first-order chi connectivity index (χ1) is 12.5. The van der Waals surface area contributed by atoms with Gasteiger partial charge in [-0.3, -0.25) is 4.79 Å². The lowest BCUT2D eigenvalue weighted by atomic mass is 10.1. The number of ether oxygens (including phenoxy) is 2. The van der Waals surface area contributed by atoms with Crippen molar-refractivity contribution in [2.24, 2.45) is 0 Å². The standard InChI is InChI=1S/C18H25N3O5/c1-3-26-18(24)21-9-7-14(8-10-21)20-16(22)12-19-15-6-4-5-13(11-15)17(23)25-2/h4-6,11,14,19H,3,7-10,12H2,1-2H3,(H,20,22). The number of carbonyl (C=O) groups excluding carboxylic acids is 3. The van der Waals surface area contributed by atoms with E-state index < -0.39 is 5.97 Å². The Hall–Kier alpha value is -2.77. The van der Waals surface area contributed by atoms with Gasteiger partial charge >= 0.3 is 12.1 Å². The van der Waals surface area contributed by atoms with Crippen molar-refractivity contribution in [3.63, 3.8) is 0 Å². The van der Waals surface area contributed by atoms with Crippen LogP contribution in [0.4, 0.5) is 10.5 Å². The monoisotopic (exact) mass is 363 g/mol. The largest absolute Gasteiger partial charge is 0.465 e. The van der Waals surface area contributed by atoms with E-state index in [0.717, 1.165) is 0 Å². The summed E-state index contributed by atoms with van der Waals surface area (Å²) in [5.74, 6) is -0.561. The van der Waals surface area contributed by atoms with E-state index in [4.69, 9.17) is 4.74 Å². The Morgan fingerprint density at radius 3 is 2.62 bits per heavy atom. The Kier molecular flexibility index (Phi) is 7.25. The molecule has 26 heavy (non-hydrogen) atoms. The lowest BCUT2D eigenvalue weighted by Gasteiger charge is -2.31. The molecule has 1 aliphatic heterocycles. The van der Waals surface area contributed by atoms with E-state index in [1.165, 1.54) is 7.11 Å². The Morgan fingerprint density at radius 1 is 1.23 bits per heavy atom. The molecule has 142 valence electrons. The normalized spacial score (nSPS) is 14.5. The quantitative estimate of drug-likeness (QED) is 0.746. The number of rotatable bonds is 6. The second-order valence-electron chi connectivity index (χ2n) is 5.95. The van der Waals surface area contributed by atoms with E-state index in [-0.39, 0.29) is 24.6 Å². The summed E-state index contributed by atoms with van der Waals surface area (Å²) in [5.41, 5.74) is 1.09. The fraction of sp³-hybridized carbons (Fsp3) is 0.500. The number of esters is 1. The fourth-order valence-corrected chi connectivity index (χ4v) is 2.76. The van der Waals surface area contributed by atoms with Gasteiger partial charge in [0.2, 0.25) is 5.91 Å². The van der Waals surface area contributed by atoms with Gasteiger partial charge in [0.15, 0.2) is 0 Å². The topological polar surface area (TPSA) is 97.0 Å². The number of methoxy groups -OCH3 is 1. The zero-order valence-electron chi connectivity index (χ0n) is 15.1. The van der Waals surface area contributed by atoms with Crippen LogP contribution in [-0.2, 0) is 14.3 Å². The number of anilines is 1. The number of piperidine rings is 1. The minimum atomic E-state index is -0.425. The van der Waals surface area contributed by atoms with E-state index in [2.05, 4.69) is 15.4 Å². The van der Waals surface area contributed by atoms with Crippen LogP contribution in [0.3, 0.4) is 0 Å². The van der Waals surface area contributed by atoms with Crippen molar-refractivity contribution in [1.29, 1.82) is 0 Å². The molecule has 0 aromatic heterocycles. The van der Waals surface area contributed by atoms with Crippen LogP contribution in [0, 0.1) is 0 Å². The van der Waals surface area contributed by atoms with Gasteiger partial charge in [-0.15, -0.1) is 0 Å². The Morgan fingerprint density at radius 2 is 1.96 bits per heavy atom. The maximum Gasteiger partial charge on any atom is 0.409 e. The molecule has 0 bridgehead atoms. The number of hydrogen-bond acceptors (Lipinski definition) is 6. The molecular weight excluding hydrogens is 338 g/mol. The van der Waals surface area contributed by atoms with Crippen LogP contribution < -0.4 is 10.6 Å². The van der Waals surface area contributed by atoms with Gasteiger partial charge in [0.05, 0.1) is 25.8 Å². The number of likely N-dealkylation sites (tertiary alicyclic amines) is 1. The van der Waals surface area contributed by atoms with Gasteiger partial charge in [-0.05, 0) is 38.0 Å². The molecule has 0 radical (unpaired) electrons. The molecule has 2 rings (SSSR count). The molecule has 1 aromatic carbocycles. The summed E-state index contributed by atoms with van der Waals surface area (Å²) >= 11 is 0. The van der Waals surface area contributed by atoms with Crippen LogP contribution in [0.2, 0.25) is 0 Å². The van der Waals surface area contributed by atoms with Crippen LogP contribution in [0.15, 0.2) is 24.3 Å². The van der Waals surface area contributed by atoms with Gasteiger partial charge in [-0.25, -0.2) is 9.59 Å². The number of amides is 2. The second-order valence-corrected chi connectivity index (χ2v) is 5.95. The second kappa shape index (κ2) is 9.65.